The summed E-state index contributed by atoms with van der Waals surface area (Å²) >= 11 is 11.8. The Labute approximate surface area is 120 Å². The zero-order valence-electron chi connectivity index (χ0n) is 9.86. The molecule has 2 rings (SSSR count). The lowest BCUT2D eigenvalue weighted by Crippen LogP contribution is -2.15. The molecule has 0 aliphatic carbocycles. The number of anilines is 1. The zero-order valence-corrected chi connectivity index (χ0v) is 11.4. The summed E-state index contributed by atoms with van der Waals surface area (Å²) in [6.07, 6.45) is 1.46. The lowest BCUT2D eigenvalue weighted by Gasteiger charge is -2.10. The van der Waals surface area contributed by atoms with E-state index in [9.17, 15) is 4.79 Å². The standard InChI is InChI=1S/C13H11Cl2N3O/c14-10-7-18-12(15)5-11(10)17-6-8-3-1-2-4-9(8)13(16)19/h1-5,7H,6H2,(H2,16,19)(H,17,18). The first-order valence-electron chi connectivity index (χ1n) is 5.50. The first kappa shape index (κ1) is 13.6. The van der Waals surface area contributed by atoms with Crippen LogP contribution in [-0.4, -0.2) is 10.9 Å². The summed E-state index contributed by atoms with van der Waals surface area (Å²) in [5.41, 5.74) is 7.24. The van der Waals surface area contributed by atoms with Gasteiger partial charge in [0.15, 0.2) is 0 Å². The molecular weight excluding hydrogens is 285 g/mol. The van der Waals surface area contributed by atoms with Gasteiger partial charge in [-0.15, -0.1) is 0 Å². The van der Waals surface area contributed by atoms with Crippen molar-refractivity contribution in [1.29, 1.82) is 0 Å². The van der Waals surface area contributed by atoms with Crippen LogP contribution in [0.2, 0.25) is 10.2 Å². The van der Waals surface area contributed by atoms with Gasteiger partial charge in [-0.05, 0) is 11.6 Å². The smallest absolute Gasteiger partial charge is 0.249 e. The molecular formula is C13H11Cl2N3O. The quantitative estimate of drug-likeness (QED) is 0.852. The Morgan fingerprint density at radius 3 is 2.79 bits per heavy atom. The lowest BCUT2D eigenvalue weighted by atomic mass is 10.1. The third-order valence-electron chi connectivity index (χ3n) is 2.57. The Bertz CT molecular complexity index is 617. The third kappa shape index (κ3) is 3.36. The maximum atomic E-state index is 11.3. The molecule has 0 saturated heterocycles. The molecule has 4 nitrogen and oxygen atoms in total. The minimum Gasteiger partial charge on any atom is -0.380 e. The number of hydrogen-bond acceptors (Lipinski definition) is 3. The topological polar surface area (TPSA) is 68.0 Å². The second-order valence-corrected chi connectivity index (χ2v) is 4.66. The minimum absolute atomic E-state index is 0.343. The number of rotatable bonds is 4. The van der Waals surface area contributed by atoms with E-state index >= 15 is 0 Å². The maximum absolute atomic E-state index is 11.3. The van der Waals surface area contributed by atoms with Crippen LogP contribution >= 0.6 is 23.2 Å². The van der Waals surface area contributed by atoms with Gasteiger partial charge in [-0.1, -0.05) is 41.4 Å². The normalized spacial score (nSPS) is 10.2. The van der Waals surface area contributed by atoms with Crippen molar-refractivity contribution in [1.82, 2.24) is 4.98 Å². The van der Waals surface area contributed by atoms with Crippen LogP contribution in [0.1, 0.15) is 15.9 Å². The first-order valence-corrected chi connectivity index (χ1v) is 6.26. The summed E-state index contributed by atoms with van der Waals surface area (Å²) in [6, 6.07) is 8.73. The van der Waals surface area contributed by atoms with Gasteiger partial charge in [0.25, 0.3) is 0 Å². The van der Waals surface area contributed by atoms with E-state index in [2.05, 4.69) is 10.3 Å². The first-order chi connectivity index (χ1) is 9.08. The van der Waals surface area contributed by atoms with Gasteiger partial charge < -0.3 is 11.1 Å². The van der Waals surface area contributed by atoms with Gasteiger partial charge in [-0.2, -0.15) is 0 Å². The third-order valence-corrected chi connectivity index (χ3v) is 3.08. The summed E-state index contributed by atoms with van der Waals surface area (Å²) in [5, 5.41) is 3.90. The van der Waals surface area contributed by atoms with Gasteiger partial charge in [0.1, 0.15) is 5.15 Å². The molecule has 2 aromatic rings. The number of amides is 1. The predicted octanol–water partition coefficient (Wildman–Crippen LogP) is 3.10. The summed E-state index contributed by atoms with van der Waals surface area (Å²) in [5.74, 6) is -0.462. The number of halogens is 2. The molecule has 0 spiro atoms. The fourth-order valence-corrected chi connectivity index (χ4v) is 1.98. The van der Waals surface area contributed by atoms with Crippen molar-refractivity contribution >= 4 is 34.8 Å². The van der Waals surface area contributed by atoms with Crippen LogP contribution < -0.4 is 11.1 Å². The molecule has 6 heteroatoms. The summed E-state index contributed by atoms with van der Waals surface area (Å²) < 4.78 is 0. The van der Waals surface area contributed by atoms with Crippen LogP contribution in [0.15, 0.2) is 36.5 Å². The van der Waals surface area contributed by atoms with Crippen molar-refractivity contribution in [3.05, 3.63) is 57.8 Å². The molecule has 0 aliphatic heterocycles. The largest absolute Gasteiger partial charge is 0.380 e. The lowest BCUT2D eigenvalue weighted by molar-refractivity contribution is 0.0999. The minimum atomic E-state index is -0.462. The van der Waals surface area contributed by atoms with E-state index in [4.69, 9.17) is 28.9 Å². The van der Waals surface area contributed by atoms with Gasteiger partial charge in [0.05, 0.1) is 10.7 Å². The van der Waals surface area contributed by atoms with Gasteiger partial charge in [0, 0.05) is 24.4 Å². The Hall–Kier alpha value is -1.78. The van der Waals surface area contributed by atoms with E-state index in [1.807, 2.05) is 12.1 Å². The molecule has 0 atom stereocenters. The molecule has 1 heterocycles. The summed E-state index contributed by atoms with van der Waals surface area (Å²) in [4.78, 5) is 15.2. The fraction of sp³-hybridized carbons (Fsp3) is 0.0769. The molecule has 1 amide bonds. The monoisotopic (exact) mass is 295 g/mol. The molecule has 0 unspecified atom stereocenters. The highest BCUT2D eigenvalue weighted by Gasteiger charge is 2.08. The SMILES string of the molecule is NC(=O)c1ccccc1CNc1cc(Cl)ncc1Cl. The maximum Gasteiger partial charge on any atom is 0.249 e. The summed E-state index contributed by atoms with van der Waals surface area (Å²) in [6.45, 7) is 0.416. The van der Waals surface area contributed by atoms with E-state index in [1.54, 1.807) is 18.2 Å². The Morgan fingerprint density at radius 2 is 2.05 bits per heavy atom. The van der Waals surface area contributed by atoms with Gasteiger partial charge in [0.2, 0.25) is 5.91 Å². The number of benzene rings is 1. The molecule has 0 fully saturated rings. The van der Waals surface area contributed by atoms with Crippen LogP contribution in [-0.2, 0) is 6.54 Å². The Kier molecular flexibility index (Phi) is 4.24. The average molecular weight is 296 g/mol. The van der Waals surface area contributed by atoms with E-state index in [-0.39, 0.29) is 0 Å². The van der Waals surface area contributed by atoms with Crippen molar-refractivity contribution in [2.45, 2.75) is 6.54 Å². The average Bonchev–Trinajstić information content (AvgIpc) is 2.40. The van der Waals surface area contributed by atoms with Crippen molar-refractivity contribution < 1.29 is 4.79 Å². The van der Waals surface area contributed by atoms with Crippen molar-refractivity contribution in [3.63, 3.8) is 0 Å². The van der Waals surface area contributed by atoms with Crippen LogP contribution in [0.4, 0.5) is 5.69 Å². The van der Waals surface area contributed by atoms with Crippen LogP contribution in [0.25, 0.3) is 0 Å². The highest BCUT2D eigenvalue weighted by molar-refractivity contribution is 6.34. The Balaban J connectivity index is 2.19. The predicted molar refractivity (Wildman–Crippen MR) is 76.5 cm³/mol. The number of pyridine rings is 1. The van der Waals surface area contributed by atoms with E-state index in [1.165, 1.54) is 6.20 Å². The number of nitrogens with zero attached hydrogens (tertiary/aromatic N) is 1. The highest BCUT2D eigenvalue weighted by Crippen LogP contribution is 2.24. The van der Waals surface area contributed by atoms with Crippen molar-refractivity contribution in [3.8, 4) is 0 Å². The molecule has 0 radical (unpaired) electrons. The molecule has 3 N–H and O–H groups in total. The molecule has 19 heavy (non-hydrogen) atoms. The van der Waals surface area contributed by atoms with E-state index in [0.29, 0.717) is 28.0 Å². The Morgan fingerprint density at radius 1 is 1.32 bits per heavy atom. The molecule has 98 valence electrons. The van der Waals surface area contributed by atoms with E-state index in [0.717, 1.165) is 5.56 Å². The van der Waals surface area contributed by atoms with Gasteiger partial charge >= 0.3 is 0 Å². The summed E-state index contributed by atoms with van der Waals surface area (Å²) in [7, 11) is 0. The molecule has 0 saturated carbocycles. The number of nitrogens with one attached hydrogen (secondary N) is 1. The number of primary amides is 1. The fourth-order valence-electron chi connectivity index (χ4n) is 1.65. The molecule has 1 aromatic heterocycles. The number of hydrogen-bond donors (Lipinski definition) is 2. The van der Waals surface area contributed by atoms with Crippen LogP contribution in [0, 0.1) is 0 Å². The van der Waals surface area contributed by atoms with Crippen molar-refractivity contribution in [2.75, 3.05) is 5.32 Å². The van der Waals surface area contributed by atoms with Crippen LogP contribution in [0.5, 0.6) is 0 Å². The molecule has 0 bridgehead atoms. The highest BCUT2D eigenvalue weighted by atomic mass is 35.5. The van der Waals surface area contributed by atoms with Crippen molar-refractivity contribution in [2.24, 2.45) is 5.73 Å². The number of nitrogens with two attached hydrogens (primary N) is 1. The zero-order chi connectivity index (χ0) is 13.8. The molecule has 0 aliphatic rings. The van der Waals surface area contributed by atoms with E-state index < -0.39 is 5.91 Å². The molecule has 1 aromatic carbocycles. The second-order valence-electron chi connectivity index (χ2n) is 3.86. The number of aromatic nitrogens is 1. The number of carbonyl (C=O) groups excluding carboxylic acids is 1. The van der Waals surface area contributed by atoms with Gasteiger partial charge in [-0.3, -0.25) is 4.79 Å². The van der Waals surface area contributed by atoms with Crippen LogP contribution in [0.3, 0.4) is 0 Å². The second kappa shape index (κ2) is 5.91. The van der Waals surface area contributed by atoms with Gasteiger partial charge in [-0.25, -0.2) is 4.98 Å². The number of carbonyl (C=O) groups is 1.